The average Bonchev–Trinajstić information content (AvgIpc) is 3.31. The minimum atomic E-state index is -0.137. The summed E-state index contributed by atoms with van der Waals surface area (Å²) in [6, 6.07) is 5.87. The van der Waals surface area contributed by atoms with E-state index in [0.717, 1.165) is 52.6 Å². The molecule has 9 heteroatoms. The predicted octanol–water partition coefficient (Wildman–Crippen LogP) is 7.42. The number of allylic oxidation sites excluding steroid dienone is 12. The molecule has 238 valence electrons. The van der Waals surface area contributed by atoms with Crippen LogP contribution in [-0.2, 0) is 6.42 Å². The number of fused-ring (bicyclic) bond motifs is 4. The number of pyridine rings is 1. The largest absolute Gasteiger partial charge is 0.384 e. The van der Waals surface area contributed by atoms with Gasteiger partial charge in [-0.2, -0.15) is 9.97 Å². The van der Waals surface area contributed by atoms with Crippen molar-refractivity contribution in [2.24, 2.45) is 15.9 Å². The Kier molecular flexibility index (Phi) is 7.64. The van der Waals surface area contributed by atoms with Crippen LogP contribution in [0.4, 0.5) is 23.3 Å². The molecule has 0 aromatic carbocycles. The minimum absolute atomic E-state index is 0.0921. The van der Waals surface area contributed by atoms with Crippen molar-refractivity contribution in [3.63, 3.8) is 0 Å². The van der Waals surface area contributed by atoms with Gasteiger partial charge in [0.2, 0.25) is 5.95 Å². The van der Waals surface area contributed by atoms with E-state index in [1.165, 1.54) is 5.57 Å². The van der Waals surface area contributed by atoms with Crippen LogP contribution in [0.3, 0.4) is 0 Å². The third kappa shape index (κ3) is 4.99. The lowest BCUT2D eigenvalue weighted by Gasteiger charge is -2.30. The molecule has 3 atom stereocenters. The molecule has 2 N–H and O–H groups in total. The lowest BCUT2D eigenvalue weighted by atomic mass is 9.97. The molecule has 0 spiro atoms. The SMILES string of the molecule is C/C=C\c1c2c(n(-c3cc(N4c5cccnc5C5N=CC=CC54)nc(N4C/N=C\C=C/C(C)C5=C4C=CCC=C5)n3)c1N)C=CC=CC2. The van der Waals surface area contributed by atoms with E-state index in [1.807, 2.05) is 55.9 Å². The molecule has 0 radical (unpaired) electrons. The second kappa shape index (κ2) is 12.4. The van der Waals surface area contributed by atoms with E-state index >= 15 is 0 Å². The van der Waals surface area contributed by atoms with Crippen molar-refractivity contribution in [3.05, 3.63) is 131 Å². The van der Waals surface area contributed by atoms with E-state index in [4.69, 9.17) is 30.7 Å². The topological polar surface area (TPSA) is 101 Å². The lowest BCUT2D eigenvalue weighted by molar-refractivity contribution is 0.650. The molecule has 3 aromatic heterocycles. The first-order chi connectivity index (χ1) is 23.6. The minimum Gasteiger partial charge on any atom is -0.384 e. The van der Waals surface area contributed by atoms with Crippen molar-refractivity contribution >= 4 is 47.9 Å². The highest BCUT2D eigenvalue weighted by Crippen LogP contribution is 2.46. The van der Waals surface area contributed by atoms with Crippen molar-refractivity contribution < 1.29 is 0 Å². The number of aromatic nitrogens is 4. The number of anilines is 4. The molecule has 6 heterocycles. The van der Waals surface area contributed by atoms with E-state index in [0.29, 0.717) is 24.3 Å². The molecule has 48 heavy (non-hydrogen) atoms. The molecule has 0 saturated carbocycles. The maximum atomic E-state index is 7.04. The summed E-state index contributed by atoms with van der Waals surface area (Å²) in [4.78, 5) is 29.4. The van der Waals surface area contributed by atoms with Crippen LogP contribution in [0, 0.1) is 5.92 Å². The molecule has 3 unspecified atom stereocenters. The van der Waals surface area contributed by atoms with Crippen molar-refractivity contribution in [3.8, 4) is 5.82 Å². The molecule has 0 saturated heterocycles. The Bertz CT molecular complexity index is 2080. The number of hydrogen-bond acceptors (Lipinski definition) is 8. The van der Waals surface area contributed by atoms with Gasteiger partial charge in [-0.1, -0.05) is 67.7 Å². The van der Waals surface area contributed by atoms with Gasteiger partial charge in [0.25, 0.3) is 0 Å². The zero-order chi connectivity index (χ0) is 32.6. The van der Waals surface area contributed by atoms with Crippen LogP contribution in [0.1, 0.15) is 48.8 Å². The second-order valence-electron chi connectivity index (χ2n) is 12.2. The monoisotopic (exact) mass is 631 g/mol. The van der Waals surface area contributed by atoms with E-state index < -0.39 is 0 Å². The first-order valence-electron chi connectivity index (χ1n) is 16.5. The van der Waals surface area contributed by atoms with Gasteiger partial charge < -0.3 is 10.6 Å². The summed E-state index contributed by atoms with van der Waals surface area (Å²) in [5, 5.41) is 0. The van der Waals surface area contributed by atoms with Gasteiger partial charge in [0.1, 0.15) is 30.2 Å². The van der Waals surface area contributed by atoms with Gasteiger partial charge in [-0.15, -0.1) is 0 Å². The third-order valence-corrected chi connectivity index (χ3v) is 9.31. The molecule has 3 aromatic rings. The quantitative estimate of drug-likeness (QED) is 0.322. The van der Waals surface area contributed by atoms with Crippen molar-refractivity contribution in [1.29, 1.82) is 0 Å². The molecule has 2 aliphatic carbocycles. The molecule has 0 amide bonds. The van der Waals surface area contributed by atoms with Gasteiger partial charge >= 0.3 is 0 Å². The lowest BCUT2D eigenvalue weighted by Crippen LogP contribution is -2.31. The van der Waals surface area contributed by atoms with Crippen LogP contribution in [0.25, 0.3) is 18.0 Å². The van der Waals surface area contributed by atoms with Crippen LogP contribution >= 0.6 is 0 Å². The Labute approximate surface area is 280 Å². The summed E-state index contributed by atoms with van der Waals surface area (Å²) in [6.45, 7) is 4.57. The molecular weight excluding hydrogens is 594 g/mol. The predicted molar refractivity (Wildman–Crippen MR) is 197 cm³/mol. The zero-order valence-corrected chi connectivity index (χ0v) is 27.1. The van der Waals surface area contributed by atoms with Crippen LogP contribution in [0.5, 0.6) is 0 Å². The van der Waals surface area contributed by atoms with E-state index in [2.05, 4.69) is 94.2 Å². The van der Waals surface area contributed by atoms with Gasteiger partial charge in [0.05, 0.1) is 23.1 Å². The number of nitrogens with two attached hydrogens (primary N) is 1. The highest BCUT2D eigenvalue weighted by atomic mass is 15.4. The Morgan fingerprint density at radius 1 is 0.958 bits per heavy atom. The summed E-state index contributed by atoms with van der Waals surface area (Å²) < 4.78 is 2.07. The molecular formula is C39H37N9. The normalized spacial score (nSPS) is 23.7. The van der Waals surface area contributed by atoms with E-state index in [1.54, 1.807) is 0 Å². The fourth-order valence-corrected chi connectivity index (χ4v) is 7.11. The van der Waals surface area contributed by atoms with Crippen LogP contribution in [-0.4, -0.2) is 44.7 Å². The van der Waals surface area contributed by atoms with Crippen LogP contribution in [0.2, 0.25) is 0 Å². The van der Waals surface area contributed by atoms with Gasteiger partial charge in [0.15, 0.2) is 0 Å². The van der Waals surface area contributed by atoms with Gasteiger partial charge in [-0.3, -0.25) is 24.4 Å². The number of aliphatic imine (C=N–C) groups is 2. The number of dihydropyridines is 1. The Hall–Kier alpha value is -5.83. The van der Waals surface area contributed by atoms with Gasteiger partial charge in [0, 0.05) is 41.9 Å². The number of nitrogen functional groups attached to an aromatic ring is 1. The Morgan fingerprint density at radius 2 is 1.83 bits per heavy atom. The molecule has 9 nitrogen and oxygen atoms in total. The summed E-state index contributed by atoms with van der Waals surface area (Å²) in [5.41, 5.74) is 14.3. The fourth-order valence-electron chi connectivity index (χ4n) is 7.11. The van der Waals surface area contributed by atoms with Crippen LogP contribution in [0.15, 0.2) is 119 Å². The number of rotatable bonds is 4. The summed E-state index contributed by atoms with van der Waals surface area (Å²) in [5.74, 6) is 2.73. The third-order valence-electron chi connectivity index (χ3n) is 9.31. The molecule has 0 fully saturated rings. The standard InChI is InChI=1S/C39H37N9/c1-3-13-29-28-16-7-5-9-18-31(28)48(38(29)40)35-24-34(47-32-19-11-22-42-36(32)37-33(47)20-12-23-43-37)44-39(45-35)46-25-41-21-10-14-26(2)27-15-6-4-8-17-30(27)46/h3,5-15,17-24,26,32,36H,4,16,25,40H2,1-2H3/b13-3-,14-10-,41-21-. The summed E-state index contributed by atoms with van der Waals surface area (Å²) in [7, 11) is 0. The average molecular weight is 632 g/mol. The highest BCUT2D eigenvalue weighted by molar-refractivity contribution is 5.80. The molecule has 0 bridgehead atoms. The molecule has 8 rings (SSSR count). The molecule has 5 aliphatic rings. The number of hydrogen-bond donors (Lipinski definition) is 1. The Balaban J connectivity index is 1.40. The van der Waals surface area contributed by atoms with E-state index in [-0.39, 0.29) is 18.0 Å². The first kappa shape index (κ1) is 29.6. The summed E-state index contributed by atoms with van der Waals surface area (Å²) in [6.07, 6.45) is 36.8. The number of nitrogens with zero attached hydrogens (tertiary/aromatic N) is 8. The van der Waals surface area contributed by atoms with Crippen LogP contribution < -0.4 is 15.5 Å². The van der Waals surface area contributed by atoms with Gasteiger partial charge in [-0.05, 0) is 67.3 Å². The fraction of sp³-hybridized carbons (Fsp3) is 0.205. The first-order valence-corrected chi connectivity index (χ1v) is 16.5. The maximum absolute atomic E-state index is 7.04. The van der Waals surface area contributed by atoms with E-state index in [9.17, 15) is 0 Å². The van der Waals surface area contributed by atoms with Gasteiger partial charge in [-0.25, -0.2) is 0 Å². The van der Waals surface area contributed by atoms with Crippen molar-refractivity contribution in [1.82, 2.24) is 19.5 Å². The Morgan fingerprint density at radius 3 is 2.75 bits per heavy atom. The second-order valence-corrected chi connectivity index (χ2v) is 12.2. The van der Waals surface area contributed by atoms with Crippen molar-refractivity contribution in [2.75, 3.05) is 22.2 Å². The highest BCUT2D eigenvalue weighted by Gasteiger charge is 2.41. The van der Waals surface area contributed by atoms with Crippen molar-refractivity contribution in [2.45, 2.75) is 38.8 Å². The maximum Gasteiger partial charge on any atom is 0.235 e. The summed E-state index contributed by atoms with van der Waals surface area (Å²) >= 11 is 0. The molecule has 3 aliphatic heterocycles. The smallest absolute Gasteiger partial charge is 0.235 e. The zero-order valence-electron chi connectivity index (χ0n) is 27.1.